The van der Waals surface area contributed by atoms with Gasteiger partial charge in [-0.15, -0.1) is 16.7 Å². The van der Waals surface area contributed by atoms with E-state index >= 15 is 0 Å². The summed E-state index contributed by atoms with van der Waals surface area (Å²) in [6.45, 7) is 0. The molecule has 116 valence electrons. The highest BCUT2D eigenvalue weighted by molar-refractivity contribution is 8.03. The second kappa shape index (κ2) is 6.75. The minimum Gasteiger partial charge on any atom is -0.378 e. The summed E-state index contributed by atoms with van der Waals surface area (Å²) in [5.41, 5.74) is 1.79. The number of allylic oxidation sites excluding steroid dienone is 3. The molecular weight excluding hydrogens is 312 g/mol. The molecule has 0 radical (unpaired) electrons. The van der Waals surface area contributed by atoms with Gasteiger partial charge in [-0.2, -0.15) is 0 Å². The molecule has 6 heteroatoms. The van der Waals surface area contributed by atoms with E-state index in [0.717, 1.165) is 5.56 Å². The van der Waals surface area contributed by atoms with Crippen molar-refractivity contribution in [2.75, 3.05) is 0 Å². The molecule has 0 spiro atoms. The van der Waals surface area contributed by atoms with Crippen molar-refractivity contribution in [2.45, 2.75) is 11.8 Å². The molecule has 1 amide bonds. The van der Waals surface area contributed by atoms with E-state index in [2.05, 4.69) is 10.5 Å². The van der Waals surface area contributed by atoms with Gasteiger partial charge in [0.2, 0.25) is 0 Å². The van der Waals surface area contributed by atoms with Gasteiger partial charge in [-0.05, 0) is 11.0 Å². The average molecular weight is 326 g/mol. The largest absolute Gasteiger partial charge is 0.378 e. The maximum Gasteiger partial charge on any atom is 0.313 e. The number of carbonyl (C=O) groups is 2. The first-order valence-corrected chi connectivity index (χ1v) is 8.08. The van der Waals surface area contributed by atoms with Crippen LogP contribution in [-0.2, 0) is 16.0 Å². The zero-order valence-electron chi connectivity index (χ0n) is 12.1. The summed E-state index contributed by atoms with van der Waals surface area (Å²) < 4.78 is 0. The molecule has 2 unspecified atom stereocenters. The van der Waals surface area contributed by atoms with Crippen LogP contribution in [-0.4, -0.2) is 17.1 Å². The van der Waals surface area contributed by atoms with E-state index in [0.29, 0.717) is 12.0 Å². The Labute approximate surface area is 137 Å². The van der Waals surface area contributed by atoms with Crippen LogP contribution in [0.2, 0.25) is 0 Å². The van der Waals surface area contributed by atoms with E-state index in [4.69, 9.17) is 0 Å². The molecule has 3 rings (SSSR count). The minimum absolute atomic E-state index is 0.142. The number of thioether (sulfide) groups is 1. The summed E-state index contributed by atoms with van der Waals surface area (Å²) in [5.74, 6) is -1.73. The van der Waals surface area contributed by atoms with Gasteiger partial charge in [-0.1, -0.05) is 42.5 Å². The number of Topliss-reactive ketones (excluding diaryl/α,β-unsaturated/α-hetero) is 1. The number of rotatable bonds is 4. The van der Waals surface area contributed by atoms with Crippen LogP contribution >= 0.6 is 11.8 Å². The van der Waals surface area contributed by atoms with Gasteiger partial charge in [-0.3, -0.25) is 9.59 Å². The van der Waals surface area contributed by atoms with E-state index in [1.54, 1.807) is 18.4 Å². The summed E-state index contributed by atoms with van der Waals surface area (Å²) >= 11 is 1.42. The smallest absolute Gasteiger partial charge is 0.313 e. The molecule has 0 saturated heterocycles. The molecule has 1 aromatic carbocycles. The third kappa shape index (κ3) is 3.17. The van der Waals surface area contributed by atoms with Crippen LogP contribution < -0.4 is 5.32 Å². The Hall–Kier alpha value is -2.47. The van der Waals surface area contributed by atoms with Gasteiger partial charge >= 0.3 is 5.91 Å². The Morgan fingerprint density at radius 1 is 1.22 bits per heavy atom. The lowest BCUT2D eigenvalue weighted by atomic mass is 9.83. The summed E-state index contributed by atoms with van der Waals surface area (Å²) in [6.07, 6.45) is 5.40. The molecule has 23 heavy (non-hydrogen) atoms. The molecule has 1 heterocycles. The van der Waals surface area contributed by atoms with Crippen LogP contribution in [0.25, 0.3) is 0 Å². The topological polar surface area (TPSA) is 75.6 Å². The molecule has 2 aliphatic rings. The van der Waals surface area contributed by atoms with Gasteiger partial charge in [0.15, 0.2) is 5.78 Å². The first kappa shape index (κ1) is 15.4. The number of hydrogen-bond donors (Lipinski definition) is 1. The molecule has 1 aliphatic heterocycles. The van der Waals surface area contributed by atoms with Crippen LogP contribution in [0, 0.1) is 10.8 Å². The first-order chi connectivity index (χ1) is 11.2. The van der Waals surface area contributed by atoms with Crippen molar-refractivity contribution < 1.29 is 9.59 Å². The zero-order valence-corrected chi connectivity index (χ0v) is 13.0. The average Bonchev–Trinajstić information content (AvgIpc) is 3.11. The lowest BCUT2D eigenvalue weighted by Crippen LogP contribution is -2.38. The quantitative estimate of drug-likeness (QED) is 0.861. The molecule has 1 aromatic rings. The van der Waals surface area contributed by atoms with E-state index in [1.165, 1.54) is 11.8 Å². The molecule has 0 bridgehead atoms. The van der Waals surface area contributed by atoms with Gasteiger partial charge in [0.1, 0.15) is 0 Å². The van der Waals surface area contributed by atoms with Crippen LogP contribution in [0.1, 0.15) is 5.56 Å². The van der Waals surface area contributed by atoms with Crippen molar-refractivity contribution in [3.05, 3.63) is 75.7 Å². The van der Waals surface area contributed by atoms with E-state index in [9.17, 15) is 14.5 Å². The van der Waals surface area contributed by atoms with Gasteiger partial charge < -0.3 is 5.32 Å². The van der Waals surface area contributed by atoms with Crippen LogP contribution in [0.4, 0.5) is 0 Å². The van der Waals surface area contributed by atoms with Crippen LogP contribution in [0.5, 0.6) is 0 Å². The van der Waals surface area contributed by atoms with Crippen molar-refractivity contribution in [2.24, 2.45) is 11.1 Å². The van der Waals surface area contributed by atoms with Gasteiger partial charge in [0, 0.05) is 28.9 Å². The Morgan fingerprint density at radius 2 is 2.00 bits per heavy atom. The Balaban J connectivity index is 1.91. The van der Waals surface area contributed by atoms with Gasteiger partial charge in [0.05, 0.1) is 11.3 Å². The fourth-order valence-electron chi connectivity index (χ4n) is 2.71. The third-order valence-corrected chi connectivity index (χ3v) is 4.82. The number of nitroso groups, excluding NO2 is 1. The second-order valence-corrected chi connectivity index (χ2v) is 6.29. The predicted molar refractivity (Wildman–Crippen MR) is 89.3 cm³/mol. The SMILES string of the molecule is O=NC(=O)C1=CC=C(Cc2ccccc2)C(=O)C1C1NC=CS1. The van der Waals surface area contributed by atoms with Gasteiger partial charge in [-0.25, -0.2) is 0 Å². The highest BCUT2D eigenvalue weighted by Gasteiger charge is 2.39. The summed E-state index contributed by atoms with van der Waals surface area (Å²) in [4.78, 5) is 35.2. The molecule has 1 aliphatic carbocycles. The molecule has 0 fully saturated rings. The van der Waals surface area contributed by atoms with Crippen molar-refractivity contribution in [1.82, 2.24) is 5.32 Å². The predicted octanol–water partition coefficient (Wildman–Crippen LogP) is 2.71. The second-order valence-electron chi connectivity index (χ2n) is 5.24. The Bertz CT molecular complexity index is 729. The minimum atomic E-state index is -0.882. The number of nitrogens with one attached hydrogen (secondary N) is 1. The maximum absolute atomic E-state index is 12.9. The fourth-order valence-corrected chi connectivity index (χ4v) is 3.62. The number of amides is 1. The molecule has 1 N–H and O–H groups in total. The Morgan fingerprint density at radius 3 is 2.65 bits per heavy atom. The first-order valence-electron chi connectivity index (χ1n) is 7.14. The van der Waals surface area contributed by atoms with Crippen LogP contribution in [0.3, 0.4) is 0 Å². The summed E-state index contributed by atoms with van der Waals surface area (Å²) in [7, 11) is 0. The lowest BCUT2D eigenvalue weighted by Gasteiger charge is -2.26. The van der Waals surface area contributed by atoms with Crippen molar-refractivity contribution in [3.63, 3.8) is 0 Å². The lowest BCUT2D eigenvalue weighted by molar-refractivity contribution is -0.121. The number of carbonyl (C=O) groups excluding carboxylic acids is 2. The summed E-state index contributed by atoms with van der Waals surface area (Å²) in [5, 5.41) is 7.06. The molecule has 0 aromatic heterocycles. The van der Waals surface area contributed by atoms with E-state index in [-0.39, 0.29) is 16.7 Å². The normalized spacial score (nSPS) is 23.0. The monoisotopic (exact) mass is 326 g/mol. The number of hydrogen-bond acceptors (Lipinski definition) is 5. The number of nitrogens with zero attached hydrogens (tertiary/aromatic N) is 1. The van der Waals surface area contributed by atoms with Gasteiger partial charge in [0.25, 0.3) is 0 Å². The highest BCUT2D eigenvalue weighted by atomic mass is 32.2. The van der Waals surface area contributed by atoms with E-state index in [1.807, 2.05) is 35.7 Å². The van der Waals surface area contributed by atoms with Crippen LogP contribution in [0.15, 0.2) is 70.4 Å². The van der Waals surface area contributed by atoms with Crippen molar-refractivity contribution >= 4 is 23.5 Å². The highest BCUT2D eigenvalue weighted by Crippen LogP contribution is 2.34. The fraction of sp³-hybridized carbons (Fsp3) is 0.176. The molecule has 0 saturated carbocycles. The Kier molecular flexibility index (Phi) is 4.52. The number of ketones is 1. The summed E-state index contributed by atoms with van der Waals surface area (Å²) in [6, 6.07) is 9.65. The standard InChI is InChI=1S/C17H14N2O3S/c20-15-12(10-11-4-2-1-3-5-11)6-7-13(16(21)19-22)14(15)17-18-8-9-23-17/h1-9,14,17-18H,10H2. The third-order valence-electron chi connectivity index (χ3n) is 3.82. The van der Waals surface area contributed by atoms with Crippen molar-refractivity contribution in [3.8, 4) is 0 Å². The number of benzene rings is 1. The van der Waals surface area contributed by atoms with E-state index < -0.39 is 11.8 Å². The molecular formula is C17H14N2O3S. The molecule has 2 atom stereocenters. The zero-order chi connectivity index (χ0) is 16.2. The molecule has 5 nitrogen and oxygen atoms in total. The maximum atomic E-state index is 12.9. The van der Waals surface area contributed by atoms with Crippen molar-refractivity contribution in [1.29, 1.82) is 0 Å².